The molecular weight excluding hydrogens is 817 g/mol. The van der Waals surface area contributed by atoms with E-state index in [4.69, 9.17) is 28.4 Å². The number of hydrogen-bond donors (Lipinski definition) is 0. The van der Waals surface area contributed by atoms with Crippen molar-refractivity contribution in [3.63, 3.8) is 0 Å². The summed E-state index contributed by atoms with van der Waals surface area (Å²) in [5.74, 6) is 5.82. The summed E-state index contributed by atoms with van der Waals surface area (Å²) < 4.78 is 37.1. The molecular formula is C60H72O6. The predicted octanol–water partition coefficient (Wildman–Crippen LogP) is 15.3. The van der Waals surface area contributed by atoms with E-state index in [1.807, 2.05) is 0 Å². The summed E-state index contributed by atoms with van der Waals surface area (Å²) in [6.45, 7) is 13.7. The molecule has 0 radical (unpaired) electrons. The summed E-state index contributed by atoms with van der Waals surface area (Å²) in [6, 6.07) is 40.8. The van der Waals surface area contributed by atoms with Crippen LogP contribution in [0.1, 0.15) is 182 Å². The average Bonchev–Trinajstić information content (AvgIpc) is 3.35. The Morgan fingerprint density at radius 3 is 0.485 bits per heavy atom. The van der Waals surface area contributed by atoms with Gasteiger partial charge in [0.1, 0.15) is 34.5 Å². The molecule has 0 spiro atoms. The summed E-state index contributed by atoms with van der Waals surface area (Å²) in [5, 5.41) is 0. The fraction of sp³-hybridized carbons (Fsp3) is 0.400. The zero-order valence-corrected chi connectivity index (χ0v) is 41.5. The van der Waals surface area contributed by atoms with Gasteiger partial charge in [0.25, 0.3) is 0 Å². The van der Waals surface area contributed by atoms with Crippen LogP contribution in [-0.2, 0) is 0 Å². The standard InChI is InChI=1S/C60H72O6/c1-13-43-37-19-25-56(62-8)50(31-37)45(15-3)39-21-27-58(64-10)52(33-39)47(17-5)41-23-29-60(66-12)54(35-41)48(18-6)42-24-30-59(65-11)53(36-42)46(16-4)40-22-28-57(63-9)51(34-40)44(14-2)38-20-26-55(61-7)49(43)32-38/h19-36,43-48H,13-18H2,1-12H3. The van der Waals surface area contributed by atoms with E-state index >= 15 is 0 Å². The van der Waals surface area contributed by atoms with Crippen molar-refractivity contribution < 1.29 is 28.4 Å². The Morgan fingerprint density at radius 2 is 0.379 bits per heavy atom. The van der Waals surface area contributed by atoms with E-state index in [0.29, 0.717) is 0 Å². The summed E-state index contributed by atoms with van der Waals surface area (Å²) >= 11 is 0. The first-order chi connectivity index (χ1) is 32.2. The van der Waals surface area contributed by atoms with E-state index in [1.165, 1.54) is 66.8 Å². The summed E-state index contributed by atoms with van der Waals surface area (Å²) in [5.41, 5.74) is 14.5. The molecule has 6 aromatic carbocycles. The smallest absolute Gasteiger partial charge is 0.122 e. The van der Waals surface area contributed by atoms with Gasteiger partial charge in [-0.2, -0.15) is 0 Å². The summed E-state index contributed by atoms with van der Waals surface area (Å²) in [4.78, 5) is 0. The molecule has 6 heteroatoms. The summed E-state index contributed by atoms with van der Waals surface area (Å²) in [7, 11) is 10.7. The predicted molar refractivity (Wildman–Crippen MR) is 271 cm³/mol. The van der Waals surface area contributed by atoms with Crippen molar-refractivity contribution in [1.82, 2.24) is 0 Å². The minimum atomic E-state index is 0.0784. The molecule has 6 atom stereocenters. The maximum absolute atomic E-state index is 6.18. The normalized spacial score (nSPS) is 19.3. The first-order valence-corrected chi connectivity index (χ1v) is 24.3. The maximum atomic E-state index is 6.18. The highest BCUT2D eigenvalue weighted by Gasteiger charge is 2.29. The van der Waals surface area contributed by atoms with Crippen molar-refractivity contribution in [1.29, 1.82) is 0 Å². The zero-order valence-electron chi connectivity index (χ0n) is 41.5. The van der Waals surface area contributed by atoms with Crippen LogP contribution < -0.4 is 28.4 Å². The lowest BCUT2D eigenvalue weighted by Gasteiger charge is -2.28. The van der Waals surface area contributed by atoms with Crippen molar-refractivity contribution in [3.8, 4) is 34.5 Å². The van der Waals surface area contributed by atoms with Crippen molar-refractivity contribution in [3.05, 3.63) is 176 Å². The quantitative estimate of drug-likeness (QED) is 0.122. The molecule has 0 aromatic heterocycles. The molecule has 12 bridgehead atoms. The third kappa shape index (κ3) is 9.13. The van der Waals surface area contributed by atoms with Crippen molar-refractivity contribution >= 4 is 0 Å². The van der Waals surface area contributed by atoms with E-state index in [-0.39, 0.29) is 35.5 Å². The van der Waals surface area contributed by atoms with Crippen molar-refractivity contribution in [2.24, 2.45) is 0 Å². The second-order valence-electron chi connectivity index (χ2n) is 17.8. The van der Waals surface area contributed by atoms with Gasteiger partial charge in [-0.1, -0.05) is 114 Å². The average molecular weight is 889 g/mol. The minimum Gasteiger partial charge on any atom is -0.496 e. The Balaban J connectivity index is 1.55. The van der Waals surface area contributed by atoms with E-state index < -0.39 is 0 Å². The Hall–Kier alpha value is -5.88. The van der Waals surface area contributed by atoms with Gasteiger partial charge < -0.3 is 28.4 Å². The van der Waals surface area contributed by atoms with E-state index in [2.05, 4.69) is 151 Å². The van der Waals surface area contributed by atoms with Crippen LogP contribution in [0.2, 0.25) is 0 Å². The van der Waals surface area contributed by atoms with Gasteiger partial charge in [0.15, 0.2) is 0 Å². The highest BCUT2D eigenvalue weighted by molar-refractivity contribution is 5.57. The molecule has 6 unspecified atom stereocenters. The molecule has 0 fully saturated rings. The molecule has 1 aliphatic rings. The number of rotatable bonds is 12. The molecule has 0 saturated carbocycles. The lowest BCUT2D eigenvalue weighted by Crippen LogP contribution is -2.11. The van der Waals surface area contributed by atoms with E-state index in [0.717, 1.165) is 73.0 Å². The van der Waals surface area contributed by atoms with E-state index in [1.54, 1.807) is 42.7 Å². The molecule has 1 aliphatic carbocycles. The summed E-state index contributed by atoms with van der Waals surface area (Å²) in [6.07, 6.45) is 5.36. The lowest BCUT2D eigenvalue weighted by atomic mass is 9.78. The Labute approximate surface area is 395 Å². The second-order valence-corrected chi connectivity index (χ2v) is 17.8. The Kier molecular flexibility index (Phi) is 15.7. The van der Waals surface area contributed by atoms with Crippen LogP contribution in [0.25, 0.3) is 0 Å². The third-order valence-electron chi connectivity index (χ3n) is 14.6. The molecule has 6 nitrogen and oxygen atoms in total. The molecule has 0 aliphatic heterocycles. The first-order valence-electron chi connectivity index (χ1n) is 24.3. The van der Waals surface area contributed by atoms with Gasteiger partial charge in [-0.05, 0) is 108 Å². The number of fused-ring (bicyclic) bond motifs is 12. The lowest BCUT2D eigenvalue weighted by molar-refractivity contribution is 0.403. The van der Waals surface area contributed by atoms with Crippen LogP contribution in [0.5, 0.6) is 34.5 Å². The number of hydrogen-bond acceptors (Lipinski definition) is 6. The first kappa shape index (κ1) is 48.1. The number of benzene rings is 6. The monoisotopic (exact) mass is 889 g/mol. The molecule has 0 heterocycles. The van der Waals surface area contributed by atoms with Crippen molar-refractivity contribution in [2.75, 3.05) is 42.7 Å². The maximum Gasteiger partial charge on any atom is 0.122 e. The van der Waals surface area contributed by atoms with Crippen LogP contribution in [0.4, 0.5) is 0 Å². The fourth-order valence-electron chi connectivity index (χ4n) is 11.3. The molecule has 0 saturated heterocycles. The van der Waals surface area contributed by atoms with Crippen molar-refractivity contribution in [2.45, 2.75) is 116 Å². The second kappa shape index (κ2) is 21.6. The molecule has 0 amide bonds. The van der Waals surface area contributed by atoms with Gasteiger partial charge in [-0.3, -0.25) is 0 Å². The van der Waals surface area contributed by atoms with Crippen LogP contribution in [0.15, 0.2) is 109 Å². The van der Waals surface area contributed by atoms with Crippen LogP contribution in [0, 0.1) is 0 Å². The van der Waals surface area contributed by atoms with Crippen LogP contribution in [0.3, 0.4) is 0 Å². The molecule has 348 valence electrons. The minimum absolute atomic E-state index is 0.0784. The van der Waals surface area contributed by atoms with Crippen LogP contribution >= 0.6 is 0 Å². The molecule has 7 rings (SSSR count). The SMILES string of the molecule is CCC1c2ccc(OC)c(c2)C(CC)c2ccc(OC)c(c2)C(CC)c2ccc(OC)c(c2)C(CC)c2ccc(OC)c(c2)C(CC)c2ccc(OC)c(c2)C(CC)c2ccc(OC)c1c2. The van der Waals surface area contributed by atoms with Gasteiger partial charge in [0.2, 0.25) is 0 Å². The van der Waals surface area contributed by atoms with Gasteiger partial charge in [-0.15, -0.1) is 0 Å². The number of ether oxygens (including phenoxy) is 6. The van der Waals surface area contributed by atoms with Gasteiger partial charge >= 0.3 is 0 Å². The number of methoxy groups -OCH3 is 6. The highest BCUT2D eigenvalue weighted by Crippen LogP contribution is 2.47. The highest BCUT2D eigenvalue weighted by atomic mass is 16.5. The van der Waals surface area contributed by atoms with E-state index in [9.17, 15) is 0 Å². The fourth-order valence-corrected chi connectivity index (χ4v) is 11.3. The van der Waals surface area contributed by atoms with Gasteiger partial charge in [0.05, 0.1) is 42.7 Å². The van der Waals surface area contributed by atoms with Gasteiger partial charge in [0, 0.05) is 68.9 Å². The topological polar surface area (TPSA) is 55.4 Å². The Morgan fingerprint density at radius 1 is 0.242 bits per heavy atom. The molecule has 6 aromatic rings. The third-order valence-corrected chi connectivity index (χ3v) is 14.6. The molecule has 66 heavy (non-hydrogen) atoms. The largest absolute Gasteiger partial charge is 0.496 e. The molecule has 0 N–H and O–H groups in total. The van der Waals surface area contributed by atoms with Crippen LogP contribution in [-0.4, -0.2) is 42.7 Å². The Bertz CT molecular complexity index is 2130. The van der Waals surface area contributed by atoms with Gasteiger partial charge in [-0.25, -0.2) is 0 Å². The zero-order chi connectivity index (χ0) is 47.1.